The first-order valence-electron chi connectivity index (χ1n) is 6.12. The van der Waals surface area contributed by atoms with Crippen molar-refractivity contribution in [2.24, 2.45) is 0 Å². The van der Waals surface area contributed by atoms with E-state index in [1.165, 1.54) is 0 Å². The molecule has 0 spiro atoms. The Labute approximate surface area is 113 Å². The number of nitriles is 1. The summed E-state index contributed by atoms with van der Waals surface area (Å²) in [6.07, 6.45) is 0. The first-order chi connectivity index (χ1) is 8.97. The van der Waals surface area contributed by atoms with E-state index in [0.29, 0.717) is 11.4 Å². The third kappa shape index (κ3) is 2.04. The summed E-state index contributed by atoms with van der Waals surface area (Å²) in [5.41, 5.74) is 10.7. The van der Waals surface area contributed by atoms with Crippen LogP contribution in [0.5, 0.6) is 0 Å². The van der Waals surface area contributed by atoms with E-state index in [9.17, 15) is 5.26 Å². The highest BCUT2D eigenvalue weighted by atomic mass is 15.1. The average Bonchev–Trinajstić information content (AvgIpc) is 2.60. The van der Waals surface area contributed by atoms with Crippen LogP contribution in [0.2, 0.25) is 0 Å². The summed E-state index contributed by atoms with van der Waals surface area (Å²) in [5.74, 6) is 0.508. The Hall–Kier alpha value is -2.41. The normalized spacial score (nSPS) is 10.3. The molecule has 2 N–H and O–H groups in total. The molecule has 0 saturated heterocycles. The second-order valence-corrected chi connectivity index (χ2v) is 4.83. The zero-order valence-electron chi connectivity index (χ0n) is 11.7. The Kier molecular flexibility index (Phi) is 3.22. The van der Waals surface area contributed by atoms with Crippen LogP contribution in [0.25, 0.3) is 5.69 Å². The maximum absolute atomic E-state index is 9.18. The van der Waals surface area contributed by atoms with Crippen LogP contribution in [0.4, 0.5) is 11.5 Å². The lowest BCUT2D eigenvalue weighted by atomic mass is 10.2. The smallest absolute Gasteiger partial charge is 0.126 e. The summed E-state index contributed by atoms with van der Waals surface area (Å²) in [7, 11) is 3.99. The van der Waals surface area contributed by atoms with Crippen LogP contribution >= 0.6 is 0 Å². The van der Waals surface area contributed by atoms with E-state index in [4.69, 9.17) is 5.73 Å². The molecule has 1 aromatic carbocycles. The molecular formula is C15H18N4. The Bertz CT molecular complexity index is 660. The molecule has 0 radical (unpaired) electrons. The lowest BCUT2D eigenvalue weighted by Crippen LogP contribution is -2.09. The number of anilines is 2. The van der Waals surface area contributed by atoms with Gasteiger partial charge in [0.1, 0.15) is 11.9 Å². The van der Waals surface area contributed by atoms with Crippen molar-refractivity contribution in [3.8, 4) is 11.8 Å². The van der Waals surface area contributed by atoms with Crippen molar-refractivity contribution in [2.75, 3.05) is 24.7 Å². The zero-order chi connectivity index (χ0) is 14.2. The maximum Gasteiger partial charge on any atom is 0.126 e. The van der Waals surface area contributed by atoms with Gasteiger partial charge in [-0.05, 0) is 37.6 Å². The van der Waals surface area contributed by atoms with Gasteiger partial charge < -0.3 is 10.6 Å². The van der Waals surface area contributed by atoms with Crippen LogP contribution in [-0.2, 0) is 0 Å². The molecule has 4 nitrogen and oxygen atoms in total. The molecule has 0 bridgehead atoms. The van der Waals surface area contributed by atoms with Crippen molar-refractivity contribution in [1.29, 1.82) is 5.26 Å². The molecule has 19 heavy (non-hydrogen) atoms. The molecule has 0 aliphatic heterocycles. The van der Waals surface area contributed by atoms with Gasteiger partial charge >= 0.3 is 0 Å². The molecule has 4 heteroatoms. The van der Waals surface area contributed by atoms with Gasteiger partial charge in [-0.1, -0.05) is 6.07 Å². The number of hydrogen-bond acceptors (Lipinski definition) is 3. The molecule has 2 aromatic rings. The van der Waals surface area contributed by atoms with E-state index >= 15 is 0 Å². The molecule has 0 saturated carbocycles. The standard InChI is InChI=1S/C15H18N4/c1-10-11(2)19(15(17)14(10)9-16)13-7-5-6-12(8-13)18(3)4/h5-8H,17H2,1-4H3. The Morgan fingerprint density at radius 2 is 1.95 bits per heavy atom. The van der Waals surface area contributed by atoms with Crippen molar-refractivity contribution >= 4 is 11.5 Å². The van der Waals surface area contributed by atoms with Crippen molar-refractivity contribution in [3.05, 3.63) is 41.1 Å². The second kappa shape index (κ2) is 4.69. The van der Waals surface area contributed by atoms with Gasteiger partial charge in [0.25, 0.3) is 0 Å². The minimum absolute atomic E-state index is 0.508. The van der Waals surface area contributed by atoms with Crippen LogP contribution in [0.3, 0.4) is 0 Å². The van der Waals surface area contributed by atoms with Crippen LogP contribution < -0.4 is 10.6 Å². The fourth-order valence-corrected chi connectivity index (χ4v) is 2.22. The SMILES string of the molecule is Cc1c(C#N)c(N)n(-c2cccc(N(C)C)c2)c1C. The summed E-state index contributed by atoms with van der Waals surface area (Å²) in [5, 5.41) is 9.18. The molecule has 2 rings (SSSR count). The van der Waals surface area contributed by atoms with Crippen LogP contribution in [-0.4, -0.2) is 18.7 Å². The number of benzene rings is 1. The van der Waals surface area contributed by atoms with Gasteiger partial charge in [-0.25, -0.2) is 0 Å². The van der Waals surface area contributed by atoms with Gasteiger partial charge in [-0.2, -0.15) is 5.26 Å². The monoisotopic (exact) mass is 254 g/mol. The van der Waals surface area contributed by atoms with Gasteiger partial charge in [0.05, 0.1) is 5.56 Å². The summed E-state index contributed by atoms with van der Waals surface area (Å²) in [6, 6.07) is 10.3. The van der Waals surface area contributed by atoms with Crippen molar-refractivity contribution in [3.63, 3.8) is 0 Å². The summed E-state index contributed by atoms with van der Waals surface area (Å²) in [4.78, 5) is 2.04. The number of rotatable bonds is 2. The summed E-state index contributed by atoms with van der Waals surface area (Å²) in [6.45, 7) is 3.91. The van der Waals surface area contributed by atoms with E-state index in [1.54, 1.807) is 0 Å². The molecule has 0 amide bonds. The highest BCUT2D eigenvalue weighted by molar-refractivity contribution is 5.64. The van der Waals surface area contributed by atoms with Crippen LogP contribution in [0.15, 0.2) is 24.3 Å². The Morgan fingerprint density at radius 3 is 2.47 bits per heavy atom. The van der Waals surface area contributed by atoms with E-state index in [-0.39, 0.29) is 0 Å². The molecule has 1 heterocycles. The van der Waals surface area contributed by atoms with Gasteiger partial charge in [0, 0.05) is 31.2 Å². The summed E-state index contributed by atoms with van der Waals surface area (Å²) >= 11 is 0. The molecule has 0 aliphatic rings. The molecule has 0 atom stereocenters. The van der Waals surface area contributed by atoms with Crippen molar-refractivity contribution < 1.29 is 0 Å². The van der Waals surface area contributed by atoms with Crippen molar-refractivity contribution in [1.82, 2.24) is 4.57 Å². The largest absolute Gasteiger partial charge is 0.384 e. The third-order valence-corrected chi connectivity index (χ3v) is 3.47. The van der Waals surface area contributed by atoms with Gasteiger partial charge in [-0.3, -0.25) is 4.57 Å². The van der Waals surface area contributed by atoms with Gasteiger partial charge in [0.15, 0.2) is 0 Å². The Balaban J connectivity index is 2.67. The maximum atomic E-state index is 9.18. The number of nitrogen functional groups attached to an aromatic ring is 1. The molecule has 1 aromatic heterocycles. The van der Waals surface area contributed by atoms with E-state index in [1.807, 2.05) is 55.6 Å². The number of hydrogen-bond donors (Lipinski definition) is 1. The molecule has 0 fully saturated rings. The second-order valence-electron chi connectivity index (χ2n) is 4.83. The molecular weight excluding hydrogens is 236 g/mol. The highest BCUT2D eigenvalue weighted by Gasteiger charge is 2.16. The van der Waals surface area contributed by atoms with E-state index in [0.717, 1.165) is 22.6 Å². The molecule has 0 aliphatic carbocycles. The quantitative estimate of drug-likeness (QED) is 0.896. The minimum Gasteiger partial charge on any atom is -0.384 e. The van der Waals surface area contributed by atoms with E-state index in [2.05, 4.69) is 12.1 Å². The van der Waals surface area contributed by atoms with Crippen LogP contribution in [0, 0.1) is 25.2 Å². The molecule has 98 valence electrons. The minimum atomic E-state index is 0.508. The lowest BCUT2D eigenvalue weighted by molar-refractivity contribution is 1.01. The highest BCUT2D eigenvalue weighted by Crippen LogP contribution is 2.28. The topological polar surface area (TPSA) is 58.0 Å². The molecule has 0 unspecified atom stereocenters. The van der Waals surface area contributed by atoms with Gasteiger partial charge in [-0.15, -0.1) is 0 Å². The number of aromatic nitrogens is 1. The van der Waals surface area contributed by atoms with Crippen molar-refractivity contribution in [2.45, 2.75) is 13.8 Å². The first-order valence-corrected chi connectivity index (χ1v) is 6.12. The summed E-state index contributed by atoms with van der Waals surface area (Å²) < 4.78 is 1.93. The fraction of sp³-hybridized carbons (Fsp3) is 0.267. The van der Waals surface area contributed by atoms with Gasteiger partial charge in [0.2, 0.25) is 0 Å². The number of nitrogens with zero attached hydrogens (tertiary/aromatic N) is 3. The fourth-order valence-electron chi connectivity index (χ4n) is 2.22. The number of nitrogens with two attached hydrogens (primary N) is 1. The third-order valence-electron chi connectivity index (χ3n) is 3.47. The lowest BCUT2D eigenvalue weighted by Gasteiger charge is -2.15. The zero-order valence-corrected chi connectivity index (χ0v) is 11.7. The Morgan fingerprint density at radius 1 is 1.26 bits per heavy atom. The predicted octanol–water partition coefficient (Wildman–Crippen LogP) is 2.61. The average molecular weight is 254 g/mol. The predicted molar refractivity (Wildman–Crippen MR) is 78.7 cm³/mol. The van der Waals surface area contributed by atoms with E-state index < -0.39 is 0 Å². The first kappa shape index (κ1) is 13.0. The van der Waals surface area contributed by atoms with Crippen LogP contribution in [0.1, 0.15) is 16.8 Å².